The number of rotatable bonds is 10. The lowest BCUT2D eigenvalue weighted by Gasteiger charge is -2.13. The molecule has 14 heavy (non-hydrogen) atoms. The third kappa shape index (κ3) is 8.09. The van der Waals surface area contributed by atoms with Crippen molar-refractivity contribution in [2.24, 2.45) is 0 Å². The van der Waals surface area contributed by atoms with Crippen LogP contribution in [0.5, 0.6) is 0 Å². The van der Waals surface area contributed by atoms with Crippen LogP contribution >= 0.6 is 0 Å². The minimum Gasteiger partial charge on any atom is -0.465 e. The molecule has 0 fully saturated rings. The van der Waals surface area contributed by atoms with Crippen molar-refractivity contribution in [1.82, 2.24) is 0 Å². The maximum Gasteiger partial charge on any atom is 0.293 e. The second kappa shape index (κ2) is 10.6. The van der Waals surface area contributed by atoms with E-state index in [-0.39, 0.29) is 6.10 Å². The van der Waals surface area contributed by atoms with Crippen LogP contribution in [0, 0.1) is 0 Å². The van der Waals surface area contributed by atoms with Crippen LogP contribution in [-0.2, 0) is 9.53 Å². The van der Waals surface area contributed by atoms with Gasteiger partial charge in [0, 0.05) is 0 Å². The second-order valence-electron chi connectivity index (χ2n) is 3.85. The minimum atomic E-state index is 0.166. The molecule has 0 aromatic heterocycles. The number of carbonyl (C=O) groups is 1. The smallest absolute Gasteiger partial charge is 0.293 e. The Kier molecular flexibility index (Phi) is 10.2. The predicted molar refractivity (Wildman–Crippen MR) is 59.2 cm³/mol. The van der Waals surface area contributed by atoms with Crippen LogP contribution in [-0.4, -0.2) is 12.6 Å². The van der Waals surface area contributed by atoms with Crippen LogP contribution < -0.4 is 0 Å². The van der Waals surface area contributed by atoms with Crippen LogP contribution in [0.25, 0.3) is 0 Å². The number of hydrogen-bond acceptors (Lipinski definition) is 2. The Morgan fingerprint density at radius 1 is 1.00 bits per heavy atom. The van der Waals surface area contributed by atoms with Crippen molar-refractivity contribution in [3.8, 4) is 0 Å². The number of carbonyl (C=O) groups excluding carboxylic acids is 1. The van der Waals surface area contributed by atoms with Gasteiger partial charge in [-0.05, 0) is 19.3 Å². The van der Waals surface area contributed by atoms with E-state index in [1.807, 2.05) is 0 Å². The molecule has 2 heteroatoms. The standard InChI is InChI=1S/C12H24O2/c1-3-5-6-7-8-10-12(9-4-2)14-11-13/h11-12H,3-10H2,1-2H3. The lowest BCUT2D eigenvalue weighted by atomic mass is 10.1. The molecular formula is C12H24O2. The van der Waals surface area contributed by atoms with Crippen molar-refractivity contribution in [1.29, 1.82) is 0 Å². The molecule has 0 saturated carbocycles. The Morgan fingerprint density at radius 3 is 2.29 bits per heavy atom. The zero-order valence-electron chi connectivity index (χ0n) is 9.63. The van der Waals surface area contributed by atoms with Crippen molar-refractivity contribution in [3.05, 3.63) is 0 Å². The van der Waals surface area contributed by atoms with Gasteiger partial charge < -0.3 is 4.74 Å². The van der Waals surface area contributed by atoms with Crippen LogP contribution in [0.1, 0.15) is 65.2 Å². The topological polar surface area (TPSA) is 26.3 Å². The van der Waals surface area contributed by atoms with E-state index in [1.165, 1.54) is 32.1 Å². The Labute approximate surface area is 88.0 Å². The number of hydrogen-bond donors (Lipinski definition) is 0. The molecule has 0 aliphatic heterocycles. The molecule has 0 radical (unpaired) electrons. The summed E-state index contributed by atoms with van der Waals surface area (Å²) in [4.78, 5) is 10.2. The molecule has 0 amide bonds. The summed E-state index contributed by atoms with van der Waals surface area (Å²) >= 11 is 0. The summed E-state index contributed by atoms with van der Waals surface area (Å²) in [6.45, 7) is 4.93. The largest absolute Gasteiger partial charge is 0.465 e. The summed E-state index contributed by atoms with van der Waals surface area (Å²) in [6, 6.07) is 0. The Bertz CT molecular complexity index is 123. The van der Waals surface area contributed by atoms with Gasteiger partial charge in [0.1, 0.15) is 6.10 Å². The van der Waals surface area contributed by atoms with E-state index < -0.39 is 0 Å². The monoisotopic (exact) mass is 200 g/mol. The molecule has 84 valence electrons. The molecule has 0 saturated heterocycles. The van der Waals surface area contributed by atoms with Gasteiger partial charge in [-0.2, -0.15) is 0 Å². The maximum absolute atomic E-state index is 10.2. The highest BCUT2D eigenvalue weighted by molar-refractivity contribution is 5.37. The van der Waals surface area contributed by atoms with Gasteiger partial charge in [0.05, 0.1) is 0 Å². The van der Waals surface area contributed by atoms with Gasteiger partial charge in [0.25, 0.3) is 6.47 Å². The predicted octanol–water partition coefficient (Wildman–Crippen LogP) is 3.69. The van der Waals surface area contributed by atoms with Crippen molar-refractivity contribution >= 4 is 6.47 Å². The van der Waals surface area contributed by atoms with Gasteiger partial charge >= 0.3 is 0 Å². The van der Waals surface area contributed by atoms with E-state index in [9.17, 15) is 4.79 Å². The quantitative estimate of drug-likeness (QED) is 0.397. The van der Waals surface area contributed by atoms with Gasteiger partial charge in [-0.25, -0.2) is 0 Å². The lowest BCUT2D eigenvalue weighted by molar-refractivity contribution is -0.134. The summed E-state index contributed by atoms with van der Waals surface area (Å²) < 4.78 is 5.01. The van der Waals surface area contributed by atoms with Crippen LogP contribution in [0.15, 0.2) is 0 Å². The summed E-state index contributed by atoms with van der Waals surface area (Å²) in [5.41, 5.74) is 0. The molecule has 0 spiro atoms. The second-order valence-corrected chi connectivity index (χ2v) is 3.85. The average molecular weight is 200 g/mol. The van der Waals surface area contributed by atoms with E-state index in [4.69, 9.17) is 4.74 Å². The van der Waals surface area contributed by atoms with Crippen molar-refractivity contribution in [2.75, 3.05) is 0 Å². The normalized spacial score (nSPS) is 12.4. The molecule has 0 aliphatic rings. The summed E-state index contributed by atoms with van der Waals surface area (Å²) in [7, 11) is 0. The number of ether oxygens (including phenoxy) is 1. The average Bonchev–Trinajstić information content (AvgIpc) is 2.18. The Hall–Kier alpha value is -0.530. The fourth-order valence-electron chi connectivity index (χ4n) is 1.66. The van der Waals surface area contributed by atoms with E-state index >= 15 is 0 Å². The molecule has 0 N–H and O–H groups in total. The maximum atomic E-state index is 10.2. The van der Waals surface area contributed by atoms with Gasteiger partial charge in [-0.3, -0.25) is 4.79 Å². The van der Waals surface area contributed by atoms with Gasteiger partial charge in [0.2, 0.25) is 0 Å². The van der Waals surface area contributed by atoms with Crippen LogP contribution in [0.4, 0.5) is 0 Å². The fraction of sp³-hybridized carbons (Fsp3) is 0.917. The third-order valence-electron chi connectivity index (χ3n) is 2.49. The van der Waals surface area contributed by atoms with Crippen molar-refractivity contribution in [3.63, 3.8) is 0 Å². The minimum absolute atomic E-state index is 0.166. The summed E-state index contributed by atoms with van der Waals surface area (Å²) in [6.07, 6.45) is 9.69. The van der Waals surface area contributed by atoms with Crippen molar-refractivity contribution in [2.45, 2.75) is 71.3 Å². The highest BCUT2D eigenvalue weighted by atomic mass is 16.5. The van der Waals surface area contributed by atoms with Crippen molar-refractivity contribution < 1.29 is 9.53 Å². The first kappa shape index (κ1) is 13.5. The highest BCUT2D eigenvalue weighted by Crippen LogP contribution is 2.12. The molecule has 2 nitrogen and oxygen atoms in total. The fourth-order valence-corrected chi connectivity index (χ4v) is 1.66. The molecule has 1 atom stereocenters. The SMILES string of the molecule is CCCCCCCC(CCC)OC=O. The zero-order valence-corrected chi connectivity index (χ0v) is 9.63. The summed E-state index contributed by atoms with van der Waals surface area (Å²) in [5.74, 6) is 0. The summed E-state index contributed by atoms with van der Waals surface area (Å²) in [5, 5.41) is 0. The van der Waals surface area contributed by atoms with Gasteiger partial charge in [-0.1, -0.05) is 46.0 Å². The van der Waals surface area contributed by atoms with E-state index in [2.05, 4.69) is 13.8 Å². The molecule has 0 aliphatic carbocycles. The molecule has 0 aromatic rings. The molecule has 0 heterocycles. The Morgan fingerprint density at radius 2 is 1.71 bits per heavy atom. The number of unbranched alkanes of at least 4 members (excludes halogenated alkanes) is 4. The molecular weight excluding hydrogens is 176 g/mol. The third-order valence-corrected chi connectivity index (χ3v) is 2.49. The Balaban J connectivity index is 3.35. The van der Waals surface area contributed by atoms with Crippen LogP contribution in [0.3, 0.4) is 0 Å². The molecule has 1 unspecified atom stereocenters. The van der Waals surface area contributed by atoms with E-state index in [0.717, 1.165) is 19.3 Å². The van der Waals surface area contributed by atoms with Gasteiger partial charge in [-0.15, -0.1) is 0 Å². The first-order chi connectivity index (χ1) is 6.85. The molecule has 0 bridgehead atoms. The zero-order chi connectivity index (χ0) is 10.6. The van der Waals surface area contributed by atoms with Gasteiger partial charge in [0.15, 0.2) is 0 Å². The highest BCUT2D eigenvalue weighted by Gasteiger charge is 2.06. The molecule has 0 aromatic carbocycles. The van der Waals surface area contributed by atoms with E-state index in [0.29, 0.717) is 6.47 Å². The van der Waals surface area contributed by atoms with E-state index in [1.54, 1.807) is 0 Å². The van der Waals surface area contributed by atoms with Crippen LogP contribution in [0.2, 0.25) is 0 Å². The lowest BCUT2D eigenvalue weighted by Crippen LogP contribution is -2.11. The first-order valence-electron chi connectivity index (χ1n) is 5.94. The first-order valence-corrected chi connectivity index (χ1v) is 5.94. The molecule has 0 rings (SSSR count).